The summed E-state index contributed by atoms with van der Waals surface area (Å²) in [7, 11) is 0. The second kappa shape index (κ2) is 6.27. The van der Waals surface area contributed by atoms with Crippen molar-refractivity contribution < 1.29 is 4.79 Å². The first-order valence-electron chi connectivity index (χ1n) is 8.87. The summed E-state index contributed by atoms with van der Waals surface area (Å²) in [5, 5.41) is 0. The fourth-order valence-electron chi connectivity index (χ4n) is 3.95. The van der Waals surface area contributed by atoms with E-state index in [2.05, 4.69) is 0 Å². The number of rotatable bonds is 2. The molecule has 0 aliphatic carbocycles. The number of hydrogen-bond donors (Lipinski definition) is 0. The van der Waals surface area contributed by atoms with Gasteiger partial charge >= 0.3 is 0 Å². The molecule has 2 aliphatic rings. The van der Waals surface area contributed by atoms with Gasteiger partial charge in [-0.3, -0.25) is 9.59 Å². The van der Waals surface area contributed by atoms with Gasteiger partial charge in [0.15, 0.2) is 0 Å². The molecule has 1 amide bonds. The van der Waals surface area contributed by atoms with E-state index in [0.29, 0.717) is 0 Å². The van der Waals surface area contributed by atoms with Gasteiger partial charge in [-0.2, -0.15) is 0 Å². The zero-order valence-corrected chi connectivity index (χ0v) is 13.8. The minimum atomic E-state index is 0.0107. The van der Waals surface area contributed by atoms with E-state index in [1.54, 1.807) is 10.6 Å². The first-order valence-corrected chi connectivity index (χ1v) is 8.87. The Morgan fingerprint density at radius 1 is 0.917 bits per heavy atom. The van der Waals surface area contributed by atoms with Crippen molar-refractivity contribution in [2.75, 3.05) is 13.1 Å². The van der Waals surface area contributed by atoms with Crippen LogP contribution in [0.15, 0.2) is 41.2 Å². The average molecular weight is 322 g/mol. The average Bonchev–Trinajstić information content (AvgIpc) is 3.13. The van der Waals surface area contributed by atoms with Crippen LogP contribution in [0.5, 0.6) is 0 Å². The van der Waals surface area contributed by atoms with Crippen molar-refractivity contribution in [1.29, 1.82) is 0 Å². The Labute approximate surface area is 141 Å². The van der Waals surface area contributed by atoms with Gasteiger partial charge in [0.2, 0.25) is 0 Å². The fraction of sp³-hybridized carbons (Fsp3) is 0.400. The summed E-state index contributed by atoms with van der Waals surface area (Å²) in [6.07, 6.45) is 5.09. The van der Waals surface area contributed by atoms with Crippen molar-refractivity contribution in [3.63, 3.8) is 0 Å². The molecule has 0 atom stereocenters. The zero-order chi connectivity index (χ0) is 16.5. The van der Waals surface area contributed by atoms with E-state index >= 15 is 0 Å². The van der Waals surface area contributed by atoms with Crippen LogP contribution < -0.4 is 5.56 Å². The number of nitrogens with zero attached hydrogens (tertiary/aromatic N) is 2. The van der Waals surface area contributed by atoms with Crippen LogP contribution >= 0.6 is 0 Å². The van der Waals surface area contributed by atoms with E-state index in [9.17, 15) is 9.59 Å². The Balaban J connectivity index is 1.89. The maximum atomic E-state index is 13.3. The molecule has 4 heteroatoms. The summed E-state index contributed by atoms with van der Waals surface area (Å²) in [5.74, 6) is 0.0965. The van der Waals surface area contributed by atoms with Gasteiger partial charge in [0.1, 0.15) is 0 Å². The Hall–Kier alpha value is -2.36. The Morgan fingerprint density at radius 3 is 2.42 bits per heavy atom. The monoisotopic (exact) mass is 322 g/mol. The lowest BCUT2D eigenvalue weighted by Crippen LogP contribution is -2.37. The third-order valence-electron chi connectivity index (χ3n) is 5.15. The molecule has 2 aliphatic heterocycles. The molecule has 24 heavy (non-hydrogen) atoms. The third-order valence-corrected chi connectivity index (χ3v) is 5.15. The lowest BCUT2D eigenvalue weighted by molar-refractivity contribution is 0.0723. The van der Waals surface area contributed by atoms with Gasteiger partial charge in [-0.1, -0.05) is 30.3 Å². The summed E-state index contributed by atoms with van der Waals surface area (Å²) in [6, 6.07) is 11.5. The molecule has 2 aromatic rings. The Bertz CT molecular complexity index is 818. The molecule has 3 heterocycles. The quantitative estimate of drug-likeness (QED) is 0.853. The lowest BCUT2D eigenvalue weighted by Gasteiger charge is -2.28. The molecule has 1 saturated heterocycles. The molecule has 4 nitrogen and oxygen atoms in total. The summed E-state index contributed by atoms with van der Waals surface area (Å²) >= 11 is 0. The highest BCUT2D eigenvalue weighted by molar-refractivity contribution is 6.02. The minimum Gasteiger partial charge on any atom is -0.339 e. The van der Waals surface area contributed by atoms with Crippen molar-refractivity contribution in [3.8, 4) is 11.1 Å². The summed E-state index contributed by atoms with van der Waals surface area (Å²) in [4.78, 5) is 27.7. The molecule has 1 aromatic carbocycles. The van der Waals surface area contributed by atoms with Gasteiger partial charge in [0.05, 0.1) is 5.56 Å². The van der Waals surface area contributed by atoms with E-state index in [-0.39, 0.29) is 11.5 Å². The van der Waals surface area contributed by atoms with Crippen molar-refractivity contribution in [2.24, 2.45) is 0 Å². The number of pyridine rings is 1. The van der Waals surface area contributed by atoms with Gasteiger partial charge in [-0.25, -0.2) is 0 Å². The van der Waals surface area contributed by atoms with Crippen molar-refractivity contribution in [3.05, 3.63) is 58.0 Å². The molecule has 124 valence electrons. The van der Waals surface area contributed by atoms with E-state index in [1.807, 2.05) is 35.2 Å². The molecule has 0 spiro atoms. The molecule has 1 aromatic heterocycles. The van der Waals surface area contributed by atoms with Crippen molar-refractivity contribution in [1.82, 2.24) is 9.47 Å². The molecule has 0 saturated carbocycles. The van der Waals surface area contributed by atoms with E-state index < -0.39 is 0 Å². The predicted molar refractivity (Wildman–Crippen MR) is 94.2 cm³/mol. The van der Waals surface area contributed by atoms with Crippen LogP contribution in [0.1, 0.15) is 41.7 Å². The fourth-order valence-corrected chi connectivity index (χ4v) is 3.95. The standard InChI is InChI=1S/C20H22N2O2/c23-18-14-16(15-8-3-1-4-9-15)19(17-10-7-13-22(17)18)20(24)21-11-5-2-6-12-21/h1,3-4,8-9,14H,2,5-7,10-13H2. The third kappa shape index (κ3) is 2.56. The van der Waals surface area contributed by atoms with E-state index in [4.69, 9.17) is 0 Å². The molecule has 0 N–H and O–H groups in total. The summed E-state index contributed by atoms with van der Waals surface area (Å²) < 4.78 is 1.80. The molecule has 1 fully saturated rings. The zero-order valence-electron chi connectivity index (χ0n) is 13.8. The molecule has 0 radical (unpaired) electrons. The molecule has 4 rings (SSSR count). The number of aromatic nitrogens is 1. The number of piperidine rings is 1. The molecule has 0 unspecified atom stereocenters. The van der Waals surface area contributed by atoms with Gasteiger partial charge in [0.25, 0.3) is 11.5 Å². The van der Waals surface area contributed by atoms with Crippen molar-refractivity contribution >= 4 is 5.91 Å². The maximum absolute atomic E-state index is 13.3. The number of carbonyl (C=O) groups excluding carboxylic acids is 1. The number of carbonyl (C=O) groups is 1. The predicted octanol–water partition coefficient (Wildman–Crippen LogP) is 3.09. The highest BCUT2D eigenvalue weighted by atomic mass is 16.2. The smallest absolute Gasteiger partial charge is 0.256 e. The number of fused-ring (bicyclic) bond motifs is 1. The minimum absolute atomic E-state index is 0.0107. The molecular weight excluding hydrogens is 300 g/mol. The topological polar surface area (TPSA) is 42.3 Å². The number of amides is 1. The summed E-state index contributed by atoms with van der Waals surface area (Å²) in [5.41, 5.74) is 3.43. The largest absolute Gasteiger partial charge is 0.339 e. The van der Waals surface area contributed by atoms with E-state index in [1.165, 1.54) is 6.42 Å². The van der Waals surface area contributed by atoms with Crippen molar-refractivity contribution in [2.45, 2.75) is 38.6 Å². The van der Waals surface area contributed by atoms with Gasteiger partial charge in [-0.15, -0.1) is 0 Å². The number of hydrogen-bond acceptors (Lipinski definition) is 2. The second-order valence-corrected chi connectivity index (χ2v) is 6.69. The Kier molecular flexibility index (Phi) is 3.97. The SMILES string of the molecule is O=C(c1c(-c2ccccc2)cc(=O)n2c1CCC2)N1CCCCC1. The van der Waals surface area contributed by atoms with Crippen LogP contribution in [0.4, 0.5) is 0 Å². The van der Waals surface area contributed by atoms with Gasteiger partial charge < -0.3 is 9.47 Å². The van der Waals surface area contributed by atoms with Crippen LogP contribution in [0.25, 0.3) is 11.1 Å². The highest BCUT2D eigenvalue weighted by Gasteiger charge is 2.28. The van der Waals surface area contributed by atoms with Gasteiger partial charge in [-0.05, 0) is 37.7 Å². The van der Waals surface area contributed by atoms with Crippen LogP contribution in [0.2, 0.25) is 0 Å². The highest BCUT2D eigenvalue weighted by Crippen LogP contribution is 2.30. The van der Waals surface area contributed by atoms with Crippen LogP contribution in [0, 0.1) is 0 Å². The lowest BCUT2D eigenvalue weighted by atomic mass is 9.96. The van der Waals surface area contributed by atoms with Gasteiger partial charge in [0, 0.05) is 37.0 Å². The number of benzene rings is 1. The van der Waals surface area contributed by atoms with Crippen LogP contribution in [0.3, 0.4) is 0 Å². The normalized spacial score (nSPS) is 16.9. The number of likely N-dealkylation sites (tertiary alicyclic amines) is 1. The molecule has 0 bridgehead atoms. The Morgan fingerprint density at radius 2 is 1.67 bits per heavy atom. The second-order valence-electron chi connectivity index (χ2n) is 6.69. The first-order chi connectivity index (χ1) is 11.8. The summed E-state index contributed by atoms with van der Waals surface area (Å²) in [6.45, 7) is 2.38. The maximum Gasteiger partial charge on any atom is 0.256 e. The van der Waals surface area contributed by atoms with E-state index in [0.717, 1.165) is 67.7 Å². The first kappa shape index (κ1) is 15.2. The molecular formula is C20H22N2O2. The van der Waals surface area contributed by atoms with Crippen LogP contribution in [-0.2, 0) is 13.0 Å². The van der Waals surface area contributed by atoms with Crippen LogP contribution in [-0.4, -0.2) is 28.5 Å².